The molecule has 0 fully saturated rings. The molecule has 0 aliphatic carbocycles. The topological polar surface area (TPSA) is 52.7 Å². The van der Waals surface area contributed by atoms with Crippen molar-refractivity contribution in [1.82, 2.24) is 9.80 Å². The molecule has 5 heteroatoms. The number of nitrogens with zero attached hydrogens (tertiary/aromatic N) is 2. The lowest BCUT2D eigenvalue weighted by Crippen LogP contribution is -2.48. The van der Waals surface area contributed by atoms with E-state index in [1.54, 1.807) is 4.90 Å². The van der Waals surface area contributed by atoms with E-state index in [0.717, 1.165) is 12.1 Å². The standard InChI is InChI=1S/C26H35N3O2/c1-18(2)16-28(26(31)27-23-12-10-21(11-13-23)19(3)4)17-25(30)29-15-14-22-8-6-7-9-24(22)20(29)5/h6-13,18-20H,14-17H2,1-5H3,(H,27,31). The highest BCUT2D eigenvalue weighted by Gasteiger charge is 2.29. The van der Waals surface area contributed by atoms with E-state index >= 15 is 0 Å². The van der Waals surface area contributed by atoms with E-state index in [1.165, 1.54) is 16.7 Å². The fraction of sp³-hybridized carbons (Fsp3) is 0.462. The summed E-state index contributed by atoms with van der Waals surface area (Å²) < 4.78 is 0. The van der Waals surface area contributed by atoms with E-state index in [4.69, 9.17) is 0 Å². The van der Waals surface area contributed by atoms with Crippen LogP contribution in [0, 0.1) is 5.92 Å². The second kappa shape index (κ2) is 9.99. The molecule has 1 unspecified atom stereocenters. The van der Waals surface area contributed by atoms with Gasteiger partial charge in [0.1, 0.15) is 6.54 Å². The molecule has 31 heavy (non-hydrogen) atoms. The zero-order chi connectivity index (χ0) is 22.5. The summed E-state index contributed by atoms with van der Waals surface area (Å²) in [5.74, 6) is 0.700. The van der Waals surface area contributed by atoms with Crippen molar-refractivity contribution in [3.8, 4) is 0 Å². The Kier molecular flexibility index (Phi) is 7.37. The number of amides is 3. The average Bonchev–Trinajstić information content (AvgIpc) is 2.73. The highest BCUT2D eigenvalue weighted by Crippen LogP contribution is 2.29. The van der Waals surface area contributed by atoms with Crippen molar-refractivity contribution in [3.05, 3.63) is 65.2 Å². The van der Waals surface area contributed by atoms with Crippen LogP contribution in [0.25, 0.3) is 0 Å². The maximum absolute atomic E-state index is 13.2. The number of fused-ring (bicyclic) bond motifs is 1. The average molecular weight is 422 g/mol. The maximum Gasteiger partial charge on any atom is 0.322 e. The second-order valence-corrected chi connectivity index (χ2v) is 9.19. The summed E-state index contributed by atoms with van der Waals surface area (Å²) in [7, 11) is 0. The Bertz CT molecular complexity index is 905. The minimum absolute atomic E-state index is 0.00652. The lowest BCUT2D eigenvalue weighted by molar-refractivity contribution is -0.134. The van der Waals surface area contributed by atoms with Crippen LogP contribution in [0.2, 0.25) is 0 Å². The van der Waals surface area contributed by atoms with E-state index in [1.807, 2.05) is 41.3 Å². The molecule has 0 radical (unpaired) electrons. The van der Waals surface area contributed by atoms with Crippen molar-refractivity contribution in [1.29, 1.82) is 0 Å². The van der Waals surface area contributed by atoms with Crippen LogP contribution in [-0.4, -0.2) is 41.4 Å². The first-order chi connectivity index (χ1) is 14.8. The van der Waals surface area contributed by atoms with Crippen LogP contribution >= 0.6 is 0 Å². The molecule has 0 spiro atoms. The molecule has 1 aliphatic rings. The third-order valence-corrected chi connectivity index (χ3v) is 5.94. The van der Waals surface area contributed by atoms with Gasteiger partial charge in [-0.2, -0.15) is 0 Å². The number of hydrogen-bond donors (Lipinski definition) is 1. The number of rotatable bonds is 6. The molecule has 3 rings (SSSR count). The second-order valence-electron chi connectivity index (χ2n) is 9.19. The largest absolute Gasteiger partial charge is 0.334 e. The number of carbonyl (C=O) groups is 2. The van der Waals surface area contributed by atoms with Gasteiger partial charge in [-0.25, -0.2) is 4.79 Å². The van der Waals surface area contributed by atoms with Crippen LogP contribution < -0.4 is 5.32 Å². The smallest absolute Gasteiger partial charge is 0.322 e. The van der Waals surface area contributed by atoms with E-state index in [-0.39, 0.29) is 30.4 Å². The highest BCUT2D eigenvalue weighted by molar-refractivity contribution is 5.92. The molecule has 1 heterocycles. The monoisotopic (exact) mass is 421 g/mol. The van der Waals surface area contributed by atoms with Crippen LogP contribution in [0.15, 0.2) is 48.5 Å². The van der Waals surface area contributed by atoms with Crippen molar-refractivity contribution in [2.24, 2.45) is 5.92 Å². The normalized spacial score (nSPS) is 15.7. The van der Waals surface area contributed by atoms with Gasteiger partial charge in [0, 0.05) is 18.8 Å². The summed E-state index contributed by atoms with van der Waals surface area (Å²) in [6.07, 6.45) is 0.852. The molecule has 2 aromatic rings. The van der Waals surface area contributed by atoms with Crippen LogP contribution in [-0.2, 0) is 11.2 Å². The molecule has 0 aromatic heterocycles. The summed E-state index contributed by atoms with van der Waals surface area (Å²) in [6.45, 7) is 11.8. The first-order valence-corrected chi connectivity index (χ1v) is 11.3. The Hall–Kier alpha value is -2.82. The van der Waals surface area contributed by atoms with Gasteiger partial charge >= 0.3 is 6.03 Å². The number of urea groups is 1. The number of nitrogens with one attached hydrogen (secondary N) is 1. The van der Waals surface area contributed by atoms with Crippen molar-refractivity contribution < 1.29 is 9.59 Å². The third kappa shape index (κ3) is 5.66. The van der Waals surface area contributed by atoms with Gasteiger partial charge in [-0.15, -0.1) is 0 Å². The lowest BCUT2D eigenvalue weighted by Gasteiger charge is -2.37. The molecular formula is C26H35N3O2. The summed E-state index contributed by atoms with van der Waals surface area (Å²) >= 11 is 0. The minimum atomic E-state index is -0.232. The van der Waals surface area contributed by atoms with Crippen LogP contribution in [0.5, 0.6) is 0 Å². The number of anilines is 1. The molecular weight excluding hydrogens is 386 g/mol. The Morgan fingerprint density at radius 3 is 2.39 bits per heavy atom. The summed E-state index contributed by atoms with van der Waals surface area (Å²) in [5.41, 5.74) is 4.48. The number of hydrogen-bond acceptors (Lipinski definition) is 2. The van der Waals surface area contributed by atoms with Gasteiger partial charge in [0.15, 0.2) is 0 Å². The predicted octanol–water partition coefficient (Wildman–Crippen LogP) is 5.45. The molecule has 1 atom stereocenters. The van der Waals surface area contributed by atoms with E-state index in [9.17, 15) is 9.59 Å². The van der Waals surface area contributed by atoms with Crippen molar-refractivity contribution in [2.45, 2.75) is 53.0 Å². The van der Waals surface area contributed by atoms with E-state index in [2.05, 4.69) is 52.1 Å². The first-order valence-electron chi connectivity index (χ1n) is 11.3. The number of carbonyl (C=O) groups excluding carboxylic acids is 2. The Morgan fingerprint density at radius 1 is 1.06 bits per heavy atom. The quantitative estimate of drug-likeness (QED) is 0.675. The molecule has 0 saturated carbocycles. The van der Waals surface area contributed by atoms with Gasteiger partial charge < -0.3 is 15.1 Å². The van der Waals surface area contributed by atoms with Crippen LogP contribution in [0.3, 0.4) is 0 Å². The molecule has 0 bridgehead atoms. The Balaban J connectivity index is 1.69. The highest BCUT2D eigenvalue weighted by atomic mass is 16.2. The fourth-order valence-electron chi connectivity index (χ4n) is 4.18. The maximum atomic E-state index is 13.2. The van der Waals surface area contributed by atoms with Gasteiger partial charge in [-0.3, -0.25) is 4.79 Å². The number of benzene rings is 2. The van der Waals surface area contributed by atoms with Gasteiger partial charge in [0.25, 0.3) is 0 Å². The lowest BCUT2D eigenvalue weighted by atomic mass is 9.93. The van der Waals surface area contributed by atoms with Gasteiger partial charge in [-0.1, -0.05) is 64.1 Å². The fourth-order valence-corrected chi connectivity index (χ4v) is 4.18. The van der Waals surface area contributed by atoms with Gasteiger partial charge in [-0.05, 0) is 54.0 Å². The summed E-state index contributed by atoms with van der Waals surface area (Å²) in [5, 5.41) is 2.96. The zero-order valence-corrected chi connectivity index (χ0v) is 19.4. The SMILES string of the molecule is CC(C)CN(CC(=O)N1CCc2ccccc2C1C)C(=O)Nc1ccc(C(C)C)cc1. The molecule has 5 nitrogen and oxygen atoms in total. The molecule has 2 aromatic carbocycles. The van der Waals surface area contributed by atoms with Crippen molar-refractivity contribution >= 4 is 17.6 Å². The third-order valence-electron chi connectivity index (χ3n) is 5.94. The molecule has 166 valence electrons. The Labute approximate surface area is 186 Å². The predicted molar refractivity (Wildman–Crippen MR) is 126 cm³/mol. The van der Waals surface area contributed by atoms with E-state index < -0.39 is 0 Å². The summed E-state index contributed by atoms with van der Waals surface area (Å²) in [4.78, 5) is 29.7. The molecule has 0 saturated heterocycles. The van der Waals surface area contributed by atoms with Gasteiger partial charge in [0.05, 0.1) is 6.04 Å². The van der Waals surface area contributed by atoms with Crippen molar-refractivity contribution in [3.63, 3.8) is 0 Å². The molecule has 3 amide bonds. The van der Waals surface area contributed by atoms with E-state index in [0.29, 0.717) is 19.0 Å². The zero-order valence-electron chi connectivity index (χ0n) is 19.4. The minimum Gasteiger partial charge on any atom is -0.334 e. The Morgan fingerprint density at radius 2 is 1.74 bits per heavy atom. The van der Waals surface area contributed by atoms with Gasteiger partial charge in [0.2, 0.25) is 5.91 Å². The molecule has 1 N–H and O–H groups in total. The van der Waals surface area contributed by atoms with Crippen molar-refractivity contribution in [2.75, 3.05) is 25.0 Å². The molecule has 1 aliphatic heterocycles. The van der Waals surface area contributed by atoms with Crippen LogP contribution in [0.4, 0.5) is 10.5 Å². The summed E-state index contributed by atoms with van der Waals surface area (Å²) in [6, 6.07) is 16.0. The van der Waals surface area contributed by atoms with Crippen LogP contribution in [0.1, 0.15) is 63.3 Å². The first kappa shape index (κ1) is 22.9.